The molecule has 0 radical (unpaired) electrons. The molecule has 2 unspecified atom stereocenters. The summed E-state index contributed by atoms with van der Waals surface area (Å²) in [5, 5.41) is 21.3. The van der Waals surface area contributed by atoms with Crippen LogP contribution in [0.2, 0.25) is 0 Å². The zero-order chi connectivity index (χ0) is 18.2. The number of aliphatic hydroxyl groups excluding tert-OH is 2. The Kier molecular flexibility index (Phi) is 4.81. The van der Waals surface area contributed by atoms with E-state index in [1.165, 1.54) is 11.0 Å². The van der Waals surface area contributed by atoms with Crippen LogP contribution in [0.1, 0.15) is 11.1 Å². The van der Waals surface area contributed by atoms with Crippen molar-refractivity contribution < 1.29 is 28.2 Å². The lowest BCUT2D eigenvalue weighted by Gasteiger charge is -2.15. The van der Waals surface area contributed by atoms with Gasteiger partial charge in [-0.2, -0.15) is 0 Å². The van der Waals surface area contributed by atoms with Gasteiger partial charge in [-0.1, -0.05) is 12.1 Å². The summed E-state index contributed by atoms with van der Waals surface area (Å²) < 4.78 is 23.6. The fourth-order valence-electron chi connectivity index (χ4n) is 3.20. The molecule has 9 heteroatoms. The minimum atomic E-state index is -3.18. The number of nitrogens with one attached hydrogen (secondary N) is 1. The highest BCUT2D eigenvalue weighted by Gasteiger charge is 2.35. The second-order valence-corrected chi connectivity index (χ2v) is 8.49. The molecule has 2 aliphatic heterocycles. The molecule has 1 fully saturated rings. The lowest BCUT2D eigenvalue weighted by Crippen LogP contribution is -2.42. The van der Waals surface area contributed by atoms with Gasteiger partial charge in [0.1, 0.15) is 0 Å². The molecule has 2 amide bonds. The van der Waals surface area contributed by atoms with Crippen LogP contribution < -0.4 is 5.32 Å². The first kappa shape index (κ1) is 17.8. The summed E-state index contributed by atoms with van der Waals surface area (Å²) >= 11 is 0. The lowest BCUT2D eigenvalue weighted by molar-refractivity contribution is -0.145. The van der Waals surface area contributed by atoms with Gasteiger partial charge >= 0.3 is 11.8 Å². The summed E-state index contributed by atoms with van der Waals surface area (Å²) in [5.74, 6) is -1.88. The third-order valence-electron chi connectivity index (χ3n) is 4.68. The third-order valence-corrected chi connectivity index (χ3v) is 6.49. The molecule has 1 aromatic carbocycles. The number of carbonyl (C=O) groups excluding carboxylic acids is 2. The van der Waals surface area contributed by atoms with E-state index in [1.807, 2.05) is 0 Å². The maximum absolute atomic E-state index is 12.1. The molecule has 136 valence electrons. The number of sulfone groups is 1. The maximum Gasteiger partial charge on any atom is 0.311 e. The number of aryl methyl sites for hydroxylation is 1. The number of hydrogen-bond acceptors (Lipinski definition) is 6. The monoisotopic (exact) mass is 368 g/mol. The number of benzene rings is 1. The van der Waals surface area contributed by atoms with E-state index in [-0.39, 0.29) is 32.0 Å². The Morgan fingerprint density at radius 3 is 2.72 bits per heavy atom. The first-order valence-electron chi connectivity index (χ1n) is 8.02. The van der Waals surface area contributed by atoms with Gasteiger partial charge in [-0.3, -0.25) is 9.59 Å². The number of rotatable bonds is 3. The van der Waals surface area contributed by atoms with E-state index in [0.29, 0.717) is 16.9 Å². The molecule has 0 bridgehead atoms. The third kappa shape index (κ3) is 3.53. The van der Waals surface area contributed by atoms with Gasteiger partial charge in [0, 0.05) is 25.6 Å². The van der Waals surface area contributed by atoms with Crippen LogP contribution in [0.3, 0.4) is 0 Å². The average molecular weight is 368 g/mol. The summed E-state index contributed by atoms with van der Waals surface area (Å²) in [6, 6.07) is 4.88. The fraction of sp³-hybridized carbons (Fsp3) is 0.500. The number of likely N-dealkylation sites (tertiary alicyclic amines) is 1. The second-order valence-electron chi connectivity index (χ2n) is 6.41. The molecule has 3 rings (SSSR count). The highest BCUT2D eigenvalue weighted by molar-refractivity contribution is 7.91. The molecular formula is C16H20N2O6S. The summed E-state index contributed by atoms with van der Waals surface area (Å²) in [6.45, 7) is 0.0249. The summed E-state index contributed by atoms with van der Waals surface area (Å²) in [7, 11) is -3.18. The van der Waals surface area contributed by atoms with Crippen LogP contribution in [0.5, 0.6) is 0 Å². The van der Waals surface area contributed by atoms with Crippen molar-refractivity contribution in [3.05, 3.63) is 29.3 Å². The Hall–Kier alpha value is -1.97. The van der Waals surface area contributed by atoms with E-state index in [4.69, 9.17) is 5.11 Å². The van der Waals surface area contributed by atoms with Gasteiger partial charge in [-0.15, -0.1) is 0 Å². The van der Waals surface area contributed by atoms with Crippen LogP contribution in [-0.4, -0.2) is 66.9 Å². The SMILES string of the molecule is O=C(NCc1ccc2c(c1)CCS2(=O)=O)C(=O)N1CC(O)C(CO)C1. The molecule has 2 atom stereocenters. The Morgan fingerprint density at radius 2 is 2.04 bits per heavy atom. The summed E-state index contributed by atoms with van der Waals surface area (Å²) in [5.41, 5.74) is 1.44. The largest absolute Gasteiger partial charge is 0.396 e. The molecule has 1 aromatic rings. The van der Waals surface area contributed by atoms with Crippen molar-refractivity contribution in [2.45, 2.75) is 24.0 Å². The Labute approximate surface area is 145 Å². The molecule has 0 saturated carbocycles. The van der Waals surface area contributed by atoms with Crippen molar-refractivity contribution in [2.24, 2.45) is 5.92 Å². The molecule has 8 nitrogen and oxygen atoms in total. The predicted molar refractivity (Wildman–Crippen MR) is 87.2 cm³/mol. The number of fused-ring (bicyclic) bond motifs is 1. The Bertz CT molecular complexity index is 807. The predicted octanol–water partition coefficient (Wildman–Crippen LogP) is -1.56. The van der Waals surface area contributed by atoms with Gasteiger partial charge in [-0.25, -0.2) is 8.42 Å². The first-order valence-corrected chi connectivity index (χ1v) is 9.67. The number of hydrogen-bond donors (Lipinski definition) is 3. The molecule has 3 N–H and O–H groups in total. The average Bonchev–Trinajstić information content (AvgIpc) is 3.11. The number of aliphatic hydroxyl groups is 2. The van der Waals surface area contributed by atoms with Crippen molar-refractivity contribution in [1.82, 2.24) is 10.2 Å². The number of β-amino-alcohol motifs (C(OH)–C–C–N with tert-alkyl or cyclic N) is 1. The molecule has 0 aliphatic carbocycles. The van der Waals surface area contributed by atoms with Crippen LogP contribution in [-0.2, 0) is 32.4 Å². The number of amides is 2. The lowest BCUT2D eigenvalue weighted by atomic mass is 10.1. The van der Waals surface area contributed by atoms with Gasteiger partial charge in [0.2, 0.25) is 0 Å². The highest BCUT2D eigenvalue weighted by Crippen LogP contribution is 2.26. The van der Waals surface area contributed by atoms with Crippen LogP contribution in [0, 0.1) is 5.92 Å². The second kappa shape index (κ2) is 6.74. The molecule has 0 aromatic heterocycles. The van der Waals surface area contributed by atoms with Gasteiger partial charge in [0.05, 0.1) is 23.4 Å². The van der Waals surface area contributed by atoms with E-state index >= 15 is 0 Å². The van der Waals surface area contributed by atoms with E-state index in [0.717, 1.165) is 5.56 Å². The zero-order valence-electron chi connectivity index (χ0n) is 13.5. The minimum Gasteiger partial charge on any atom is -0.396 e. The zero-order valence-corrected chi connectivity index (χ0v) is 14.3. The van der Waals surface area contributed by atoms with Gasteiger partial charge in [0.25, 0.3) is 0 Å². The minimum absolute atomic E-state index is 0.0220. The molecule has 1 saturated heterocycles. The van der Waals surface area contributed by atoms with Crippen molar-refractivity contribution in [1.29, 1.82) is 0 Å². The number of nitrogens with zero attached hydrogens (tertiary/aromatic N) is 1. The van der Waals surface area contributed by atoms with Crippen LogP contribution in [0.4, 0.5) is 0 Å². The van der Waals surface area contributed by atoms with Crippen molar-refractivity contribution in [2.75, 3.05) is 25.4 Å². The van der Waals surface area contributed by atoms with Gasteiger partial charge < -0.3 is 20.4 Å². The molecule has 0 spiro atoms. The maximum atomic E-state index is 12.1. The molecular weight excluding hydrogens is 348 g/mol. The van der Waals surface area contributed by atoms with E-state index in [1.54, 1.807) is 12.1 Å². The van der Waals surface area contributed by atoms with Crippen LogP contribution in [0.25, 0.3) is 0 Å². The standard InChI is InChI=1S/C16H20N2O6S/c19-9-12-7-18(8-13(12)20)16(22)15(21)17-6-10-1-2-14-11(5-10)3-4-25(14,23)24/h1-2,5,12-13,19-20H,3-4,6-9H2,(H,17,21). The van der Waals surface area contributed by atoms with E-state index in [2.05, 4.69) is 5.32 Å². The van der Waals surface area contributed by atoms with E-state index < -0.39 is 33.7 Å². The first-order chi connectivity index (χ1) is 11.8. The van der Waals surface area contributed by atoms with Gasteiger partial charge in [0.15, 0.2) is 9.84 Å². The summed E-state index contributed by atoms with van der Waals surface area (Å²) in [4.78, 5) is 25.6. The van der Waals surface area contributed by atoms with Crippen LogP contribution in [0.15, 0.2) is 23.1 Å². The quantitative estimate of drug-likeness (QED) is 0.555. The van der Waals surface area contributed by atoms with Crippen LogP contribution >= 0.6 is 0 Å². The normalized spacial score (nSPS) is 24.2. The Morgan fingerprint density at radius 1 is 1.28 bits per heavy atom. The highest BCUT2D eigenvalue weighted by atomic mass is 32.2. The number of carbonyl (C=O) groups is 2. The van der Waals surface area contributed by atoms with Gasteiger partial charge in [-0.05, 0) is 23.6 Å². The Balaban J connectivity index is 1.59. The van der Waals surface area contributed by atoms with Crippen molar-refractivity contribution >= 4 is 21.7 Å². The van der Waals surface area contributed by atoms with Crippen molar-refractivity contribution in [3.63, 3.8) is 0 Å². The van der Waals surface area contributed by atoms with E-state index in [9.17, 15) is 23.1 Å². The van der Waals surface area contributed by atoms with Crippen molar-refractivity contribution in [3.8, 4) is 0 Å². The molecule has 25 heavy (non-hydrogen) atoms. The molecule has 2 aliphatic rings. The smallest absolute Gasteiger partial charge is 0.311 e. The molecule has 2 heterocycles. The summed E-state index contributed by atoms with van der Waals surface area (Å²) in [6.07, 6.45) is -0.382. The fourth-order valence-corrected chi connectivity index (χ4v) is 4.74. The topological polar surface area (TPSA) is 124 Å².